The smallest absolute Gasteiger partial charge is 0.244 e. The fraction of sp³-hybridized carbons (Fsp3) is 0.538. The summed E-state index contributed by atoms with van der Waals surface area (Å²) in [6.07, 6.45) is 1.69. The topological polar surface area (TPSA) is 57.6 Å². The number of hydrogen-bond donors (Lipinski definition) is 1. The summed E-state index contributed by atoms with van der Waals surface area (Å²) < 4.78 is 26.7. The Bertz CT molecular complexity index is 596. The van der Waals surface area contributed by atoms with E-state index in [0.717, 1.165) is 12.8 Å². The van der Waals surface area contributed by atoms with Gasteiger partial charge in [-0.1, -0.05) is 30.1 Å². The Balaban J connectivity index is 2.39. The highest BCUT2D eigenvalue weighted by Crippen LogP contribution is 2.32. The van der Waals surface area contributed by atoms with E-state index in [9.17, 15) is 13.5 Å². The number of nitrogens with zero attached hydrogens (tertiary/aromatic N) is 1. The van der Waals surface area contributed by atoms with Crippen LogP contribution in [-0.4, -0.2) is 30.9 Å². The van der Waals surface area contributed by atoms with E-state index in [1.54, 1.807) is 0 Å². The van der Waals surface area contributed by atoms with E-state index in [-0.39, 0.29) is 21.5 Å². The number of rotatable bonds is 3. The Morgan fingerprint density at radius 1 is 1.25 bits per heavy atom. The Kier molecular flexibility index (Phi) is 4.97. The second-order valence-electron chi connectivity index (χ2n) is 5.12. The normalized spacial score (nSPS) is 18.4. The van der Waals surface area contributed by atoms with Crippen LogP contribution in [0.25, 0.3) is 0 Å². The molecule has 0 unspecified atom stereocenters. The molecule has 0 spiro atoms. The van der Waals surface area contributed by atoms with E-state index in [4.69, 9.17) is 23.2 Å². The number of sulfonamides is 1. The quantitative estimate of drug-likeness (QED) is 0.922. The maximum atomic E-state index is 12.6. The summed E-state index contributed by atoms with van der Waals surface area (Å²) in [4.78, 5) is 0.0159. The van der Waals surface area contributed by atoms with Gasteiger partial charge < -0.3 is 5.11 Å². The van der Waals surface area contributed by atoms with Crippen LogP contribution in [0.15, 0.2) is 17.0 Å². The van der Waals surface area contributed by atoms with Gasteiger partial charge in [0, 0.05) is 18.1 Å². The molecule has 7 heteroatoms. The van der Waals surface area contributed by atoms with E-state index >= 15 is 0 Å². The number of aliphatic hydroxyl groups is 1. The van der Waals surface area contributed by atoms with Crippen LogP contribution in [0.5, 0.6) is 0 Å². The van der Waals surface area contributed by atoms with Crippen molar-refractivity contribution in [3.63, 3.8) is 0 Å². The number of piperidine rings is 1. The molecule has 1 saturated heterocycles. The summed E-state index contributed by atoms with van der Waals surface area (Å²) in [5, 5.41) is 9.56. The molecule has 1 aliphatic rings. The van der Waals surface area contributed by atoms with Crippen LogP contribution < -0.4 is 0 Å². The maximum absolute atomic E-state index is 12.6. The van der Waals surface area contributed by atoms with Crippen LogP contribution in [0.4, 0.5) is 0 Å². The number of halogens is 2. The predicted molar refractivity (Wildman–Crippen MR) is 79.5 cm³/mol. The van der Waals surface area contributed by atoms with Gasteiger partial charge in [0.1, 0.15) is 4.90 Å². The van der Waals surface area contributed by atoms with Crippen molar-refractivity contribution in [3.8, 4) is 0 Å². The second kappa shape index (κ2) is 6.20. The molecule has 1 aromatic carbocycles. The van der Waals surface area contributed by atoms with Gasteiger partial charge in [0.25, 0.3) is 0 Å². The summed E-state index contributed by atoms with van der Waals surface area (Å²) in [7, 11) is -3.63. The third-order valence-corrected chi connectivity index (χ3v) is 6.35. The number of hydrogen-bond acceptors (Lipinski definition) is 3. The maximum Gasteiger partial charge on any atom is 0.244 e. The van der Waals surface area contributed by atoms with E-state index in [2.05, 4.69) is 6.92 Å². The first-order valence-electron chi connectivity index (χ1n) is 6.45. The highest BCUT2D eigenvalue weighted by atomic mass is 35.5. The predicted octanol–water partition coefficient (Wildman–Crippen LogP) is 2.91. The van der Waals surface area contributed by atoms with E-state index in [1.165, 1.54) is 16.4 Å². The molecule has 1 fully saturated rings. The molecule has 0 bridgehead atoms. The molecule has 0 aromatic heterocycles. The zero-order valence-corrected chi connectivity index (χ0v) is 13.5. The molecule has 1 heterocycles. The van der Waals surface area contributed by atoms with Gasteiger partial charge in [0.05, 0.1) is 11.6 Å². The van der Waals surface area contributed by atoms with Crippen molar-refractivity contribution >= 4 is 33.2 Å². The first-order valence-corrected chi connectivity index (χ1v) is 8.64. The van der Waals surface area contributed by atoms with Crippen LogP contribution in [0.2, 0.25) is 10.0 Å². The van der Waals surface area contributed by atoms with Gasteiger partial charge in [-0.25, -0.2) is 8.42 Å². The fourth-order valence-corrected chi connectivity index (χ4v) is 4.56. The van der Waals surface area contributed by atoms with Crippen molar-refractivity contribution in [2.45, 2.75) is 31.3 Å². The minimum absolute atomic E-state index is 0.0159. The Hall–Kier alpha value is -0.330. The van der Waals surface area contributed by atoms with Gasteiger partial charge >= 0.3 is 0 Å². The summed E-state index contributed by atoms with van der Waals surface area (Å²) in [5.74, 6) is 0.537. The van der Waals surface area contributed by atoms with Crippen LogP contribution in [0, 0.1) is 5.92 Å². The molecular formula is C13H17Cl2NO3S. The molecule has 20 heavy (non-hydrogen) atoms. The van der Waals surface area contributed by atoms with Gasteiger partial charge in [-0.3, -0.25) is 0 Å². The molecule has 0 radical (unpaired) electrons. The third-order valence-electron chi connectivity index (χ3n) is 3.63. The monoisotopic (exact) mass is 337 g/mol. The summed E-state index contributed by atoms with van der Waals surface area (Å²) >= 11 is 11.9. The average Bonchev–Trinajstić information content (AvgIpc) is 2.39. The largest absolute Gasteiger partial charge is 0.392 e. The van der Waals surface area contributed by atoms with Crippen LogP contribution in [0.1, 0.15) is 25.3 Å². The highest BCUT2D eigenvalue weighted by molar-refractivity contribution is 7.89. The zero-order chi connectivity index (χ0) is 14.9. The summed E-state index contributed by atoms with van der Waals surface area (Å²) in [6.45, 7) is 2.78. The molecule has 112 valence electrons. The molecule has 0 amide bonds. The van der Waals surface area contributed by atoms with Crippen molar-refractivity contribution < 1.29 is 13.5 Å². The van der Waals surface area contributed by atoms with Gasteiger partial charge in [-0.2, -0.15) is 4.31 Å². The standard InChI is InChI=1S/C13H17Cl2NO3S/c1-9-2-4-16(5-3-9)20(18,19)13-6-10(8-17)11(14)7-12(13)15/h6-7,9,17H,2-5,8H2,1H3. The molecule has 0 saturated carbocycles. The van der Waals surface area contributed by atoms with Gasteiger partial charge in [-0.15, -0.1) is 0 Å². The van der Waals surface area contributed by atoms with Crippen LogP contribution in [0.3, 0.4) is 0 Å². The third kappa shape index (κ3) is 3.12. The molecular weight excluding hydrogens is 321 g/mol. The summed E-state index contributed by atoms with van der Waals surface area (Å²) in [5.41, 5.74) is 0.361. The molecule has 2 rings (SSSR count). The van der Waals surface area contributed by atoms with Gasteiger partial charge in [0.15, 0.2) is 0 Å². The lowest BCUT2D eigenvalue weighted by atomic mass is 10.0. The lowest BCUT2D eigenvalue weighted by Gasteiger charge is -2.29. The van der Waals surface area contributed by atoms with Crippen molar-refractivity contribution in [1.82, 2.24) is 4.31 Å². The molecule has 1 aromatic rings. The SMILES string of the molecule is CC1CCN(S(=O)(=O)c2cc(CO)c(Cl)cc2Cl)CC1. The van der Waals surface area contributed by atoms with Crippen molar-refractivity contribution in [2.24, 2.45) is 5.92 Å². The van der Waals surface area contributed by atoms with Gasteiger partial charge in [0.2, 0.25) is 10.0 Å². The molecule has 0 aliphatic carbocycles. The molecule has 0 atom stereocenters. The molecule has 1 aliphatic heterocycles. The molecule has 1 N–H and O–H groups in total. The lowest BCUT2D eigenvalue weighted by Crippen LogP contribution is -2.38. The Labute approximate surface area is 129 Å². The average molecular weight is 338 g/mol. The second-order valence-corrected chi connectivity index (χ2v) is 7.84. The highest BCUT2D eigenvalue weighted by Gasteiger charge is 2.30. The first-order chi connectivity index (χ1) is 9.36. The van der Waals surface area contributed by atoms with Crippen LogP contribution >= 0.6 is 23.2 Å². The first kappa shape index (κ1) is 16.0. The van der Waals surface area contributed by atoms with Crippen LogP contribution in [-0.2, 0) is 16.6 Å². The lowest BCUT2D eigenvalue weighted by molar-refractivity contribution is 0.281. The number of aliphatic hydroxyl groups excluding tert-OH is 1. The van der Waals surface area contributed by atoms with E-state index in [0.29, 0.717) is 24.6 Å². The van der Waals surface area contributed by atoms with Crippen molar-refractivity contribution in [1.29, 1.82) is 0 Å². The van der Waals surface area contributed by atoms with Crippen molar-refractivity contribution in [2.75, 3.05) is 13.1 Å². The zero-order valence-electron chi connectivity index (χ0n) is 11.1. The Morgan fingerprint density at radius 3 is 2.40 bits per heavy atom. The van der Waals surface area contributed by atoms with Crippen molar-refractivity contribution in [3.05, 3.63) is 27.7 Å². The summed E-state index contributed by atoms with van der Waals surface area (Å²) in [6, 6.07) is 2.73. The molecule has 4 nitrogen and oxygen atoms in total. The Morgan fingerprint density at radius 2 is 1.85 bits per heavy atom. The number of benzene rings is 1. The minimum atomic E-state index is -3.63. The van der Waals surface area contributed by atoms with E-state index in [1.807, 2.05) is 0 Å². The van der Waals surface area contributed by atoms with Gasteiger partial charge in [-0.05, 0) is 36.5 Å². The fourth-order valence-electron chi connectivity index (χ4n) is 2.25. The van der Waals surface area contributed by atoms with E-state index < -0.39 is 10.0 Å². The minimum Gasteiger partial charge on any atom is -0.392 e.